The zero-order chi connectivity index (χ0) is 12.3. The second kappa shape index (κ2) is 5.07. The van der Waals surface area contributed by atoms with E-state index in [9.17, 15) is 5.11 Å². The van der Waals surface area contributed by atoms with Crippen LogP contribution in [0.2, 0.25) is 0 Å². The molecule has 94 valence electrons. The highest BCUT2D eigenvalue weighted by Gasteiger charge is 2.38. The van der Waals surface area contributed by atoms with Gasteiger partial charge < -0.3 is 14.7 Å². The molecule has 3 heteroatoms. The van der Waals surface area contributed by atoms with Crippen LogP contribution in [-0.2, 0) is 11.2 Å². The van der Waals surface area contributed by atoms with Crippen LogP contribution in [0.4, 0.5) is 5.69 Å². The molecule has 0 saturated carbocycles. The molecule has 0 aliphatic carbocycles. The van der Waals surface area contributed by atoms with Gasteiger partial charge in [-0.2, -0.15) is 0 Å². The van der Waals surface area contributed by atoms with E-state index < -0.39 is 0 Å². The summed E-state index contributed by atoms with van der Waals surface area (Å²) in [5.74, 6) is 0. The largest absolute Gasteiger partial charge is 0.394 e. The smallest absolute Gasteiger partial charge is 0.0664 e. The highest BCUT2D eigenvalue weighted by Crippen LogP contribution is 2.38. The Kier molecular flexibility index (Phi) is 3.69. The van der Waals surface area contributed by atoms with Gasteiger partial charge in [0.15, 0.2) is 0 Å². The lowest BCUT2D eigenvalue weighted by atomic mass is 9.98. The van der Waals surface area contributed by atoms with Crippen molar-refractivity contribution in [2.45, 2.75) is 25.3 Å². The van der Waals surface area contributed by atoms with Crippen LogP contribution in [0.25, 0.3) is 0 Å². The summed E-state index contributed by atoms with van der Waals surface area (Å²) in [6.45, 7) is 4.01. The van der Waals surface area contributed by atoms with E-state index in [-0.39, 0.29) is 12.1 Å². The fraction of sp³-hybridized carbons (Fsp3) is 0.571. The molecule has 1 atom stereocenters. The van der Waals surface area contributed by atoms with Crippen LogP contribution in [0.3, 0.4) is 0 Å². The number of fused-ring (bicyclic) bond motifs is 1. The van der Waals surface area contributed by atoms with Crippen LogP contribution in [0.15, 0.2) is 24.3 Å². The van der Waals surface area contributed by atoms with Gasteiger partial charge in [-0.3, -0.25) is 0 Å². The molecule has 0 saturated heterocycles. The van der Waals surface area contributed by atoms with Crippen molar-refractivity contribution in [3.05, 3.63) is 29.8 Å². The second-order valence-corrected chi connectivity index (χ2v) is 4.96. The highest BCUT2D eigenvalue weighted by molar-refractivity contribution is 5.61. The van der Waals surface area contributed by atoms with Crippen LogP contribution in [0, 0.1) is 0 Å². The lowest BCUT2D eigenvalue weighted by molar-refractivity contribution is 0.183. The van der Waals surface area contributed by atoms with Gasteiger partial charge in [0.05, 0.1) is 12.1 Å². The monoisotopic (exact) mass is 235 g/mol. The zero-order valence-corrected chi connectivity index (χ0v) is 10.6. The fourth-order valence-electron chi connectivity index (χ4n) is 2.62. The van der Waals surface area contributed by atoms with Gasteiger partial charge in [0.2, 0.25) is 0 Å². The Bertz CT molecular complexity index is 380. The average molecular weight is 235 g/mol. The molecular formula is C14H21NO2. The van der Waals surface area contributed by atoms with E-state index in [1.165, 1.54) is 11.3 Å². The Morgan fingerprint density at radius 2 is 2.18 bits per heavy atom. The maximum absolute atomic E-state index is 9.65. The molecule has 1 aromatic rings. The fourth-order valence-corrected chi connectivity index (χ4v) is 2.62. The van der Waals surface area contributed by atoms with Gasteiger partial charge >= 0.3 is 0 Å². The van der Waals surface area contributed by atoms with E-state index in [4.69, 9.17) is 4.74 Å². The van der Waals surface area contributed by atoms with Crippen molar-refractivity contribution in [3.63, 3.8) is 0 Å². The lowest BCUT2D eigenvalue weighted by Crippen LogP contribution is -2.47. The normalized spacial score (nSPS) is 22.9. The Morgan fingerprint density at radius 3 is 2.88 bits per heavy atom. The molecular weight excluding hydrogens is 214 g/mol. The SMILES string of the molecule is COCCCN1c2ccccc2CC1(C)CO. The molecule has 0 bridgehead atoms. The first-order chi connectivity index (χ1) is 8.21. The summed E-state index contributed by atoms with van der Waals surface area (Å²) in [7, 11) is 1.73. The Hall–Kier alpha value is -1.06. The van der Waals surface area contributed by atoms with Crippen molar-refractivity contribution in [1.29, 1.82) is 0 Å². The standard InChI is InChI=1S/C14H21NO2/c1-14(11-16)10-12-6-3-4-7-13(12)15(14)8-5-9-17-2/h3-4,6-7,16H,5,8-11H2,1-2H3. The molecule has 1 aromatic carbocycles. The molecule has 0 radical (unpaired) electrons. The Morgan fingerprint density at radius 1 is 1.41 bits per heavy atom. The van der Waals surface area contributed by atoms with Gasteiger partial charge in [0.1, 0.15) is 0 Å². The number of para-hydroxylation sites is 1. The first kappa shape index (κ1) is 12.4. The minimum absolute atomic E-state index is 0.155. The van der Waals surface area contributed by atoms with Gasteiger partial charge in [-0.1, -0.05) is 18.2 Å². The van der Waals surface area contributed by atoms with E-state index in [1.54, 1.807) is 7.11 Å². The minimum atomic E-state index is -0.155. The maximum Gasteiger partial charge on any atom is 0.0664 e. The number of aliphatic hydroxyl groups is 1. The third-order valence-corrected chi connectivity index (χ3v) is 3.58. The van der Waals surface area contributed by atoms with Crippen LogP contribution < -0.4 is 4.90 Å². The summed E-state index contributed by atoms with van der Waals surface area (Å²) in [5.41, 5.74) is 2.44. The van der Waals surface area contributed by atoms with Gasteiger partial charge in [-0.05, 0) is 31.4 Å². The number of hydrogen-bond acceptors (Lipinski definition) is 3. The van der Waals surface area contributed by atoms with Crippen molar-refractivity contribution in [2.75, 3.05) is 31.8 Å². The topological polar surface area (TPSA) is 32.7 Å². The number of nitrogens with zero attached hydrogens (tertiary/aromatic N) is 1. The second-order valence-electron chi connectivity index (χ2n) is 4.96. The number of anilines is 1. The molecule has 1 unspecified atom stereocenters. The summed E-state index contributed by atoms with van der Waals surface area (Å²) >= 11 is 0. The Balaban J connectivity index is 2.19. The van der Waals surface area contributed by atoms with Crippen molar-refractivity contribution in [2.24, 2.45) is 0 Å². The molecule has 0 fully saturated rings. The first-order valence-electron chi connectivity index (χ1n) is 6.16. The van der Waals surface area contributed by atoms with Crippen LogP contribution in [0.1, 0.15) is 18.9 Å². The summed E-state index contributed by atoms with van der Waals surface area (Å²) in [6, 6.07) is 8.42. The molecule has 1 N–H and O–H groups in total. The van der Waals surface area contributed by atoms with Gasteiger partial charge in [-0.15, -0.1) is 0 Å². The van der Waals surface area contributed by atoms with E-state index in [2.05, 4.69) is 36.1 Å². The third kappa shape index (κ3) is 2.31. The van der Waals surface area contributed by atoms with Crippen LogP contribution in [0.5, 0.6) is 0 Å². The average Bonchev–Trinajstić information content (AvgIpc) is 2.63. The molecule has 0 aromatic heterocycles. The van der Waals surface area contributed by atoms with Crippen LogP contribution >= 0.6 is 0 Å². The van der Waals surface area contributed by atoms with Crippen molar-refractivity contribution >= 4 is 5.69 Å². The Labute approximate surface area is 103 Å². The third-order valence-electron chi connectivity index (χ3n) is 3.58. The van der Waals surface area contributed by atoms with Gasteiger partial charge in [0, 0.05) is 25.9 Å². The zero-order valence-electron chi connectivity index (χ0n) is 10.6. The first-order valence-corrected chi connectivity index (χ1v) is 6.16. The van der Waals surface area contributed by atoms with Crippen molar-refractivity contribution in [1.82, 2.24) is 0 Å². The van der Waals surface area contributed by atoms with E-state index >= 15 is 0 Å². The van der Waals surface area contributed by atoms with Crippen molar-refractivity contribution < 1.29 is 9.84 Å². The van der Waals surface area contributed by atoms with Gasteiger partial charge in [-0.25, -0.2) is 0 Å². The summed E-state index contributed by atoms with van der Waals surface area (Å²) in [4.78, 5) is 2.32. The van der Waals surface area contributed by atoms with Crippen molar-refractivity contribution in [3.8, 4) is 0 Å². The number of ether oxygens (including phenoxy) is 1. The summed E-state index contributed by atoms with van der Waals surface area (Å²) in [5, 5.41) is 9.65. The predicted molar refractivity (Wildman–Crippen MR) is 69.5 cm³/mol. The van der Waals surface area contributed by atoms with Gasteiger partial charge in [0.25, 0.3) is 0 Å². The quantitative estimate of drug-likeness (QED) is 0.790. The number of hydrogen-bond donors (Lipinski definition) is 1. The molecule has 1 aliphatic rings. The highest BCUT2D eigenvalue weighted by atomic mass is 16.5. The van der Waals surface area contributed by atoms with Crippen LogP contribution in [-0.4, -0.2) is 37.5 Å². The maximum atomic E-state index is 9.65. The molecule has 0 spiro atoms. The number of rotatable bonds is 5. The number of benzene rings is 1. The molecule has 1 aliphatic heterocycles. The van der Waals surface area contributed by atoms with E-state index in [1.807, 2.05) is 0 Å². The predicted octanol–water partition coefficient (Wildman–Crippen LogP) is 1.84. The molecule has 1 heterocycles. The van der Waals surface area contributed by atoms with E-state index in [0.717, 1.165) is 26.0 Å². The molecule has 0 amide bonds. The number of methoxy groups -OCH3 is 1. The minimum Gasteiger partial charge on any atom is -0.394 e. The number of aliphatic hydroxyl groups excluding tert-OH is 1. The van der Waals surface area contributed by atoms with E-state index in [0.29, 0.717) is 0 Å². The summed E-state index contributed by atoms with van der Waals surface area (Å²) in [6.07, 6.45) is 1.91. The lowest BCUT2D eigenvalue weighted by Gasteiger charge is -2.36. The molecule has 2 rings (SSSR count). The summed E-state index contributed by atoms with van der Waals surface area (Å²) < 4.78 is 5.10. The molecule has 17 heavy (non-hydrogen) atoms. The molecule has 3 nitrogen and oxygen atoms in total.